The van der Waals surface area contributed by atoms with E-state index in [1.807, 2.05) is 67.1 Å². The molecule has 6 heteroatoms. The number of anilines is 1. The molecular weight excluding hydrogens is 388 g/mol. The van der Waals surface area contributed by atoms with Crippen LogP contribution in [0.3, 0.4) is 0 Å². The van der Waals surface area contributed by atoms with E-state index in [0.29, 0.717) is 18.5 Å². The third-order valence-electron chi connectivity index (χ3n) is 5.04. The molecule has 0 aliphatic rings. The lowest BCUT2D eigenvalue weighted by Gasteiger charge is -2.13. The van der Waals surface area contributed by atoms with Gasteiger partial charge in [-0.15, -0.1) is 0 Å². The van der Waals surface area contributed by atoms with Crippen molar-refractivity contribution in [2.75, 3.05) is 5.32 Å². The summed E-state index contributed by atoms with van der Waals surface area (Å²) in [7, 11) is 0. The van der Waals surface area contributed by atoms with Crippen LogP contribution in [0.5, 0.6) is 0 Å². The first-order valence-corrected chi connectivity index (χ1v) is 10.7. The van der Waals surface area contributed by atoms with E-state index in [4.69, 9.17) is 0 Å². The molecule has 0 saturated heterocycles. The summed E-state index contributed by atoms with van der Waals surface area (Å²) in [6.45, 7) is 8.53. The highest BCUT2D eigenvalue weighted by Gasteiger charge is 2.20. The van der Waals surface area contributed by atoms with Crippen LogP contribution in [0.4, 0.5) is 5.69 Å². The fraction of sp³-hybridized carbons (Fsp3) is 0.320. The van der Waals surface area contributed by atoms with Gasteiger partial charge in [0.2, 0.25) is 5.91 Å². The minimum absolute atomic E-state index is 0.00959. The van der Waals surface area contributed by atoms with Gasteiger partial charge in [0.1, 0.15) is 0 Å². The number of aromatic nitrogens is 2. The molecule has 0 aliphatic carbocycles. The molecule has 1 heterocycles. The van der Waals surface area contributed by atoms with Gasteiger partial charge in [0.05, 0.1) is 23.1 Å². The number of hydrogen-bond acceptors (Lipinski definition) is 3. The van der Waals surface area contributed by atoms with E-state index < -0.39 is 0 Å². The topological polar surface area (TPSA) is 76.0 Å². The SMILES string of the molecule is CCCC(=O)Nc1ccc(CNC(=O)c2cnn(-c3ccc(C)cc3)c2C(C)C)cc1. The van der Waals surface area contributed by atoms with Gasteiger partial charge in [-0.1, -0.05) is 50.6 Å². The molecule has 2 amide bonds. The largest absolute Gasteiger partial charge is 0.348 e. The Morgan fingerprint density at radius 3 is 2.32 bits per heavy atom. The number of carbonyl (C=O) groups excluding carboxylic acids is 2. The Hall–Kier alpha value is -3.41. The maximum absolute atomic E-state index is 12.9. The first kappa shape index (κ1) is 22.3. The van der Waals surface area contributed by atoms with Gasteiger partial charge in [-0.3, -0.25) is 9.59 Å². The van der Waals surface area contributed by atoms with Crippen LogP contribution < -0.4 is 10.6 Å². The molecule has 1 aromatic heterocycles. The minimum atomic E-state index is -0.151. The van der Waals surface area contributed by atoms with E-state index in [0.717, 1.165) is 29.1 Å². The van der Waals surface area contributed by atoms with E-state index in [1.165, 1.54) is 5.56 Å². The normalized spacial score (nSPS) is 10.9. The molecule has 3 rings (SSSR count). The van der Waals surface area contributed by atoms with Crippen molar-refractivity contribution >= 4 is 17.5 Å². The van der Waals surface area contributed by atoms with E-state index >= 15 is 0 Å². The number of rotatable bonds is 8. The average molecular weight is 419 g/mol. The molecule has 0 fully saturated rings. The van der Waals surface area contributed by atoms with Gasteiger partial charge in [0.25, 0.3) is 5.91 Å². The van der Waals surface area contributed by atoms with Crippen LogP contribution in [0, 0.1) is 6.92 Å². The van der Waals surface area contributed by atoms with E-state index in [-0.39, 0.29) is 17.7 Å². The van der Waals surface area contributed by atoms with E-state index in [1.54, 1.807) is 6.20 Å². The van der Waals surface area contributed by atoms with Crippen LogP contribution in [0.1, 0.15) is 66.7 Å². The maximum Gasteiger partial charge on any atom is 0.255 e. The molecule has 0 saturated carbocycles. The molecule has 0 aliphatic heterocycles. The minimum Gasteiger partial charge on any atom is -0.348 e. The second-order valence-corrected chi connectivity index (χ2v) is 8.02. The predicted molar refractivity (Wildman–Crippen MR) is 124 cm³/mol. The fourth-order valence-electron chi connectivity index (χ4n) is 3.41. The highest BCUT2D eigenvalue weighted by molar-refractivity contribution is 5.95. The van der Waals surface area contributed by atoms with Gasteiger partial charge in [-0.2, -0.15) is 5.10 Å². The average Bonchev–Trinajstić information content (AvgIpc) is 3.19. The molecule has 0 atom stereocenters. The number of nitrogens with one attached hydrogen (secondary N) is 2. The van der Waals surface area contributed by atoms with Crippen molar-refractivity contribution in [1.29, 1.82) is 0 Å². The molecule has 162 valence electrons. The Bertz CT molecular complexity index is 1030. The van der Waals surface area contributed by atoms with Crippen molar-refractivity contribution in [3.8, 4) is 5.69 Å². The van der Waals surface area contributed by atoms with E-state index in [9.17, 15) is 9.59 Å². The van der Waals surface area contributed by atoms with Gasteiger partial charge in [-0.05, 0) is 49.1 Å². The fourth-order valence-corrected chi connectivity index (χ4v) is 3.41. The number of carbonyl (C=O) groups is 2. The van der Waals surface area contributed by atoms with Crippen LogP contribution in [0.25, 0.3) is 5.69 Å². The molecule has 3 aromatic rings. The lowest BCUT2D eigenvalue weighted by molar-refractivity contribution is -0.116. The van der Waals surface area contributed by atoms with Crippen LogP contribution in [-0.2, 0) is 11.3 Å². The van der Waals surface area contributed by atoms with Gasteiger partial charge >= 0.3 is 0 Å². The van der Waals surface area contributed by atoms with Crippen molar-refractivity contribution in [2.45, 2.75) is 53.0 Å². The predicted octanol–water partition coefficient (Wildman–Crippen LogP) is 4.97. The standard InChI is InChI=1S/C25H30N4O2/c1-5-6-23(30)28-20-11-9-19(10-12-20)15-26-25(31)22-16-27-29(24(22)17(2)3)21-13-7-18(4)8-14-21/h7-14,16-17H,5-6,15H2,1-4H3,(H,26,31)(H,28,30). The second-order valence-electron chi connectivity index (χ2n) is 8.02. The second kappa shape index (κ2) is 10.1. The molecule has 2 N–H and O–H groups in total. The van der Waals surface area contributed by atoms with Gasteiger partial charge in [-0.25, -0.2) is 4.68 Å². The van der Waals surface area contributed by atoms with Crippen LogP contribution in [-0.4, -0.2) is 21.6 Å². The molecule has 6 nitrogen and oxygen atoms in total. The molecule has 31 heavy (non-hydrogen) atoms. The van der Waals surface area contributed by atoms with Crippen LogP contribution >= 0.6 is 0 Å². The lowest BCUT2D eigenvalue weighted by atomic mass is 10.0. The van der Waals surface area contributed by atoms with Gasteiger partial charge in [0.15, 0.2) is 0 Å². The monoisotopic (exact) mass is 418 g/mol. The number of nitrogens with zero attached hydrogens (tertiary/aromatic N) is 2. The summed E-state index contributed by atoms with van der Waals surface area (Å²) in [5.74, 6) is -0.00619. The Balaban J connectivity index is 1.69. The summed E-state index contributed by atoms with van der Waals surface area (Å²) >= 11 is 0. The zero-order chi connectivity index (χ0) is 22.4. The highest BCUT2D eigenvalue weighted by atomic mass is 16.2. The van der Waals surface area contributed by atoms with Gasteiger partial charge in [0, 0.05) is 18.7 Å². The van der Waals surface area contributed by atoms with Gasteiger partial charge < -0.3 is 10.6 Å². The zero-order valence-electron chi connectivity index (χ0n) is 18.6. The Kier molecular flexibility index (Phi) is 7.23. The molecule has 0 bridgehead atoms. The van der Waals surface area contributed by atoms with Crippen molar-refractivity contribution < 1.29 is 9.59 Å². The third-order valence-corrected chi connectivity index (χ3v) is 5.04. The summed E-state index contributed by atoms with van der Waals surface area (Å²) in [6.07, 6.45) is 2.96. The zero-order valence-corrected chi connectivity index (χ0v) is 18.6. The highest BCUT2D eigenvalue weighted by Crippen LogP contribution is 2.23. The van der Waals surface area contributed by atoms with Crippen LogP contribution in [0.2, 0.25) is 0 Å². The number of hydrogen-bond donors (Lipinski definition) is 2. The summed E-state index contributed by atoms with van der Waals surface area (Å²) in [6, 6.07) is 15.6. The summed E-state index contributed by atoms with van der Waals surface area (Å²) in [5.41, 5.74) is 5.30. The Morgan fingerprint density at radius 1 is 1.03 bits per heavy atom. The summed E-state index contributed by atoms with van der Waals surface area (Å²) < 4.78 is 1.84. The number of aryl methyl sites for hydroxylation is 1. The summed E-state index contributed by atoms with van der Waals surface area (Å²) in [5, 5.41) is 10.3. The third kappa shape index (κ3) is 5.60. The lowest BCUT2D eigenvalue weighted by Crippen LogP contribution is -2.24. The molecule has 2 aromatic carbocycles. The van der Waals surface area contributed by atoms with Crippen molar-refractivity contribution in [1.82, 2.24) is 15.1 Å². The quantitative estimate of drug-likeness (QED) is 0.542. The number of amides is 2. The molecule has 0 spiro atoms. The van der Waals surface area contributed by atoms with Crippen molar-refractivity contribution in [3.63, 3.8) is 0 Å². The first-order valence-electron chi connectivity index (χ1n) is 10.7. The molecule has 0 radical (unpaired) electrons. The number of benzene rings is 2. The van der Waals surface area contributed by atoms with E-state index in [2.05, 4.69) is 29.6 Å². The Labute approximate surface area is 183 Å². The molecule has 0 unspecified atom stereocenters. The van der Waals surface area contributed by atoms with Crippen molar-refractivity contribution in [3.05, 3.63) is 77.1 Å². The maximum atomic E-state index is 12.9. The Morgan fingerprint density at radius 2 is 1.71 bits per heavy atom. The van der Waals surface area contributed by atoms with Crippen molar-refractivity contribution in [2.24, 2.45) is 0 Å². The molecular formula is C25H30N4O2. The first-order chi connectivity index (χ1) is 14.9. The smallest absolute Gasteiger partial charge is 0.255 e. The van der Waals surface area contributed by atoms with Crippen LogP contribution in [0.15, 0.2) is 54.7 Å². The summed E-state index contributed by atoms with van der Waals surface area (Å²) in [4.78, 5) is 24.6.